The number of carbonyl (C=O) groups excluding carboxylic acids is 4. The molecule has 0 bridgehead atoms. The Morgan fingerprint density at radius 2 is 1.73 bits per heavy atom. The Morgan fingerprint density at radius 1 is 1.03 bits per heavy atom. The average molecular weight is 828 g/mol. The Balaban J connectivity index is 1.33. The van der Waals surface area contributed by atoms with Crippen molar-refractivity contribution in [3.05, 3.63) is 97.6 Å². The van der Waals surface area contributed by atoms with Gasteiger partial charge in [0.1, 0.15) is 40.8 Å². The van der Waals surface area contributed by atoms with Crippen molar-refractivity contribution in [1.82, 2.24) is 25.2 Å². The molecular formula is C43H49N5O10S. The number of carbonyl (C=O) groups is 4. The second kappa shape index (κ2) is 17.5. The molecule has 0 unspecified atom stereocenters. The highest BCUT2D eigenvalue weighted by atomic mass is 32.2. The fourth-order valence-electron chi connectivity index (χ4n) is 7.12. The summed E-state index contributed by atoms with van der Waals surface area (Å²) in [5, 5.41) is 15.7. The van der Waals surface area contributed by atoms with E-state index in [1.54, 1.807) is 58.2 Å². The first kappa shape index (κ1) is 42.6. The highest BCUT2D eigenvalue weighted by Crippen LogP contribution is 2.45. The Kier molecular flexibility index (Phi) is 12.6. The molecule has 4 N–H and O–H groups in total. The molecule has 0 spiro atoms. The van der Waals surface area contributed by atoms with Crippen LogP contribution in [0.5, 0.6) is 11.5 Å². The molecule has 6 rings (SSSR count). The van der Waals surface area contributed by atoms with E-state index < -0.39 is 69.1 Å². The van der Waals surface area contributed by atoms with Crippen molar-refractivity contribution in [3.8, 4) is 22.8 Å². The van der Waals surface area contributed by atoms with Crippen LogP contribution in [0, 0.1) is 5.92 Å². The molecule has 0 radical (unpaired) electrons. The lowest BCUT2D eigenvalue weighted by Crippen LogP contribution is -2.58. The smallest absolute Gasteiger partial charge is 0.408 e. The third-order valence-corrected chi connectivity index (χ3v) is 11.5. The van der Waals surface area contributed by atoms with Crippen LogP contribution in [0.1, 0.15) is 46.5 Å². The number of nitrogens with zero attached hydrogens (tertiary/aromatic N) is 2. The fourth-order valence-corrected chi connectivity index (χ4v) is 8.18. The van der Waals surface area contributed by atoms with Crippen LogP contribution in [0.4, 0.5) is 4.79 Å². The van der Waals surface area contributed by atoms with E-state index in [1.807, 2.05) is 30.3 Å². The molecule has 2 heterocycles. The number of hydrogen-bond donors (Lipinski definition) is 4. The SMILES string of the molecule is C=C[C@@H]1C[C@]1(NC(=O)[C@@H]1C[C@@H](Oc2cc(-c3ccccc3)nc3cc(OC)ccc23)CN1C(=O)[C@H](CCCO)NC(=O)OC(C)(C)C)C(=O)NS(=O)(=O)c1ccccc1. The number of aliphatic hydroxyl groups is 1. The van der Waals surface area contributed by atoms with Crippen LogP contribution in [0.25, 0.3) is 22.2 Å². The van der Waals surface area contributed by atoms with E-state index in [4.69, 9.17) is 19.2 Å². The molecule has 312 valence electrons. The summed E-state index contributed by atoms with van der Waals surface area (Å²) in [6, 6.07) is 21.5. The zero-order chi connectivity index (χ0) is 42.5. The zero-order valence-corrected chi connectivity index (χ0v) is 34.2. The molecule has 59 heavy (non-hydrogen) atoms. The molecule has 5 atom stereocenters. The summed E-state index contributed by atoms with van der Waals surface area (Å²) in [6.45, 7) is 8.41. The third-order valence-electron chi connectivity index (χ3n) is 10.2. The minimum Gasteiger partial charge on any atom is -0.497 e. The van der Waals surface area contributed by atoms with Crippen LogP contribution in [0.3, 0.4) is 0 Å². The first-order valence-corrected chi connectivity index (χ1v) is 20.7. The van der Waals surface area contributed by atoms with Crippen molar-refractivity contribution in [3.63, 3.8) is 0 Å². The predicted octanol–water partition coefficient (Wildman–Crippen LogP) is 4.49. The maximum Gasteiger partial charge on any atom is 0.408 e. The summed E-state index contributed by atoms with van der Waals surface area (Å²) < 4.78 is 46.0. The molecule has 2 aliphatic rings. The molecule has 4 aromatic rings. The summed E-state index contributed by atoms with van der Waals surface area (Å²) in [4.78, 5) is 61.7. The summed E-state index contributed by atoms with van der Waals surface area (Å²) in [7, 11) is -2.75. The predicted molar refractivity (Wildman–Crippen MR) is 219 cm³/mol. The number of fused-ring (bicyclic) bond motifs is 1. The molecule has 1 saturated heterocycles. The standard InChI is InChI=1S/C43H49N5O10S/c1-6-28-25-43(28,40(52)47-59(54,55)31-16-11-8-12-17-31)46-38(50)36-23-30(26-48(36)39(51)33(18-13-21-49)45-41(53)58-42(2,3)4)57-37-24-34(27-14-9-7-10-15-27)44-35-22-29(56-5)19-20-32(35)37/h6-12,14-17,19-20,22,24,28,30,33,36,49H,1,13,18,21,23,25-26H2,2-5H3,(H,45,53)(H,46,50)(H,47,52)/t28-,30-,33+,36+,43-/m1/s1. The van der Waals surface area contributed by atoms with E-state index in [0.717, 1.165) is 5.56 Å². The van der Waals surface area contributed by atoms with Gasteiger partial charge in [0.25, 0.3) is 15.9 Å². The molecule has 16 heteroatoms. The lowest BCUT2D eigenvalue weighted by Gasteiger charge is -2.30. The van der Waals surface area contributed by atoms with Crippen LogP contribution in [0.2, 0.25) is 0 Å². The van der Waals surface area contributed by atoms with Crippen molar-refractivity contribution in [2.75, 3.05) is 20.3 Å². The van der Waals surface area contributed by atoms with E-state index in [-0.39, 0.29) is 43.7 Å². The van der Waals surface area contributed by atoms with E-state index >= 15 is 0 Å². The van der Waals surface area contributed by atoms with Crippen molar-refractivity contribution >= 4 is 44.7 Å². The quantitative estimate of drug-likeness (QED) is 0.123. The van der Waals surface area contributed by atoms with E-state index in [0.29, 0.717) is 28.1 Å². The highest BCUT2D eigenvalue weighted by molar-refractivity contribution is 7.90. The van der Waals surface area contributed by atoms with E-state index in [2.05, 4.69) is 21.9 Å². The minimum atomic E-state index is -4.30. The number of sulfonamides is 1. The van der Waals surface area contributed by atoms with Gasteiger partial charge in [0.2, 0.25) is 11.8 Å². The van der Waals surface area contributed by atoms with Crippen molar-refractivity contribution in [2.45, 2.75) is 80.7 Å². The number of ether oxygens (including phenoxy) is 3. The molecular weight excluding hydrogens is 779 g/mol. The number of benzene rings is 3. The first-order valence-electron chi connectivity index (χ1n) is 19.3. The van der Waals surface area contributed by atoms with Gasteiger partial charge in [-0.2, -0.15) is 0 Å². The number of amides is 4. The molecule has 15 nitrogen and oxygen atoms in total. The number of aromatic nitrogens is 1. The van der Waals surface area contributed by atoms with Gasteiger partial charge in [0, 0.05) is 42.0 Å². The number of methoxy groups -OCH3 is 1. The molecule has 4 amide bonds. The molecule has 3 aromatic carbocycles. The van der Waals surface area contributed by atoms with E-state index in [1.165, 1.54) is 35.2 Å². The highest BCUT2D eigenvalue weighted by Gasteiger charge is 2.61. The van der Waals surface area contributed by atoms with Crippen LogP contribution in [0.15, 0.2) is 102 Å². The third kappa shape index (κ3) is 9.83. The summed E-state index contributed by atoms with van der Waals surface area (Å²) in [6.07, 6.45) is -0.0129. The van der Waals surface area contributed by atoms with Gasteiger partial charge in [0.05, 0.1) is 29.8 Å². The van der Waals surface area contributed by atoms with Crippen LogP contribution >= 0.6 is 0 Å². The molecule has 1 aliphatic carbocycles. The molecule has 1 saturated carbocycles. The zero-order valence-electron chi connectivity index (χ0n) is 33.3. The van der Waals surface area contributed by atoms with Crippen molar-refractivity contribution in [1.29, 1.82) is 0 Å². The molecule has 1 aromatic heterocycles. The van der Waals surface area contributed by atoms with Crippen molar-refractivity contribution < 1.29 is 46.9 Å². The van der Waals surface area contributed by atoms with Gasteiger partial charge in [-0.05, 0) is 64.3 Å². The minimum absolute atomic E-state index is 0.0183. The van der Waals surface area contributed by atoms with Crippen LogP contribution in [-0.2, 0) is 29.1 Å². The summed E-state index contributed by atoms with van der Waals surface area (Å²) in [5.74, 6) is -1.95. The normalized spacial score (nSPS) is 20.6. The second-order valence-electron chi connectivity index (χ2n) is 15.6. The van der Waals surface area contributed by atoms with Gasteiger partial charge in [-0.3, -0.25) is 14.4 Å². The lowest BCUT2D eigenvalue weighted by molar-refractivity contribution is -0.141. The fraction of sp³-hybridized carbons (Fsp3) is 0.372. The van der Waals surface area contributed by atoms with Gasteiger partial charge in [0.15, 0.2) is 0 Å². The number of likely N-dealkylation sites (tertiary alicyclic amines) is 1. The molecule has 2 fully saturated rings. The maximum atomic E-state index is 14.5. The largest absolute Gasteiger partial charge is 0.497 e. The average Bonchev–Trinajstić information content (AvgIpc) is 3.77. The second-order valence-corrected chi connectivity index (χ2v) is 17.2. The van der Waals surface area contributed by atoms with Gasteiger partial charge in [-0.25, -0.2) is 22.9 Å². The number of nitrogens with one attached hydrogen (secondary N) is 3. The Bertz CT molecular complexity index is 2320. The Labute approximate surface area is 343 Å². The number of rotatable bonds is 15. The lowest BCUT2D eigenvalue weighted by atomic mass is 10.1. The summed E-state index contributed by atoms with van der Waals surface area (Å²) in [5.41, 5.74) is -0.552. The number of hydrogen-bond acceptors (Lipinski definition) is 11. The van der Waals surface area contributed by atoms with Crippen LogP contribution < -0.4 is 24.8 Å². The Morgan fingerprint density at radius 3 is 2.36 bits per heavy atom. The van der Waals surface area contributed by atoms with Gasteiger partial charge in [-0.15, -0.1) is 6.58 Å². The number of pyridine rings is 1. The van der Waals surface area contributed by atoms with E-state index in [9.17, 15) is 32.7 Å². The number of alkyl carbamates (subject to hydrolysis) is 1. The maximum absolute atomic E-state index is 14.5. The van der Waals surface area contributed by atoms with Gasteiger partial charge >= 0.3 is 6.09 Å². The van der Waals surface area contributed by atoms with Crippen molar-refractivity contribution in [2.24, 2.45) is 5.92 Å². The number of aliphatic hydroxyl groups excluding tert-OH is 1. The monoisotopic (exact) mass is 827 g/mol. The topological polar surface area (TPSA) is 203 Å². The molecule has 1 aliphatic heterocycles. The summed E-state index contributed by atoms with van der Waals surface area (Å²) >= 11 is 0. The first-order chi connectivity index (χ1) is 28.1. The van der Waals surface area contributed by atoms with Gasteiger partial charge < -0.3 is 34.9 Å². The van der Waals surface area contributed by atoms with Gasteiger partial charge in [-0.1, -0.05) is 54.6 Å². The van der Waals surface area contributed by atoms with Crippen LogP contribution in [-0.4, -0.2) is 96.8 Å². The Hall–Kier alpha value is -6.00.